The summed E-state index contributed by atoms with van der Waals surface area (Å²) in [5, 5.41) is 11.0. The summed E-state index contributed by atoms with van der Waals surface area (Å²) in [6.45, 7) is 9.41. The molecule has 0 amide bonds. The molecule has 3 rings (SSSR count). The van der Waals surface area contributed by atoms with E-state index in [4.69, 9.17) is 16.3 Å². The Kier molecular flexibility index (Phi) is 5.93. The largest absolute Gasteiger partial charge is 0.492 e. The summed E-state index contributed by atoms with van der Waals surface area (Å²) in [6, 6.07) is 8.00. The Morgan fingerprint density at radius 2 is 2.19 bits per heavy atom. The first-order valence-electron chi connectivity index (χ1n) is 9.34. The molecule has 0 aliphatic heterocycles. The van der Waals surface area contributed by atoms with Crippen LogP contribution in [0.5, 0.6) is 5.75 Å². The number of nitriles is 1. The maximum absolute atomic E-state index is 9.67. The van der Waals surface area contributed by atoms with E-state index in [-0.39, 0.29) is 5.41 Å². The molecule has 1 aliphatic carbocycles. The number of benzene rings is 1. The normalized spacial score (nSPS) is 17.0. The van der Waals surface area contributed by atoms with Gasteiger partial charge in [0.1, 0.15) is 16.8 Å². The van der Waals surface area contributed by atoms with E-state index < -0.39 is 0 Å². The SMILES string of the molecule is CCOc1ccc(C=Nc2sc3c(c2C#N)CC[C@H](C(C)(C)C)C3)cc1Cl. The fourth-order valence-electron chi connectivity index (χ4n) is 3.52. The Balaban J connectivity index is 1.86. The summed E-state index contributed by atoms with van der Waals surface area (Å²) >= 11 is 7.92. The molecule has 142 valence electrons. The van der Waals surface area contributed by atoms with E-state index in [0.717, 1.165) is 35.4 Å². The Labute approximate surface area is 170 Å². The molecule has 0 radical (unpaired) electrons. The fourth-order valence-corrected chi connectivity index (χ4v) is 4.99. The molecule has 2 aromatic rings. The first-order chi connectivity index (χ1) is 12.8. The number of rotatable bonds is 4. The molecule has 1 aromatic carbocycles. The topological polar surface area (TPSA) is 45.4 Å². The van der Waals surface area contributed by atoms with Gasteiger partial charge in [0.25, 0.3) is 0 Å². The average Bonchev–Trinajstić information content (AvgIpc) is 2.98. The zero-order valence-electron chi connectivity index (χ0n) is 16.3. The number of thiophene rings is 1. The number of aliphatic imine (C=N–C) groups is 1. The standard InChI is InChI=1S/C22H25ClN2OS/c1-5-26-19-9-6-14(10-18(19)23)13-25-21-17(12-24)16-8-7-15(22(2,3)4)11-20(16)27-21/h6,9-10,13,15H,5,7-8,11H2,1-4H3/t15-/m0/s1. The second-order valence-corrected chi connectivity index (χ2v) is 9.47. The van der Waals surface area contributed by atoms with Gasteiger partial charge in [0.05, 0.1) is 17.2 Å². The number of fused-ring (bicyclic) bond motifs is 1. The maximum atomic E-state index is 9.67. The molecule has 27 heavy (non-hydrogen) atoms. The van der Waals surface area contributed by atoms with Crippen LogP contribution in [0.25, 0.3) is 0 Å². The second kappa shape index (κ2) is 8.04. The third-order valence-corrected chi connectivity index (χ3v) is 6.63. The summed E-state index contributed by atoms with van der Waals surface area (Å²) < 4.78 is 5.47. The van der Waals surface area contributed by atoms with Gasteiger partial charge in [-0.05, 0) is 66.8 Å². The summed E-state index contributed by atoms with van der Waals surface area (Å²) in [6.07, 6.45) is 4.93. The van der Waals surface area contributed by atoms with Gasteiger partial charge in [-0.2, -0.15) is 5.26 Å². The van der Waals surface area contributed by atoms with Crippen LogP contribution in [0.2, 0.25) is 5.02 Å². The van der Waals surface area contributed by atoms with Gasteiger partial charge < -0.3 is 4.74 Å². The molecular weight excluding hydrogens is 376 g/mol. The summed E-state index contributed by atoms with van der Waals surface area (Å²) in [4.78, 5) is 5.96. The van der Waals surface area contributed by atoms with Gasteiger partial charge in [-0.25, -0.2) is 4.99 Å². The first kappa shape index (κ1) is 19.9. The summed E-state index contributed by atoms with van der Waals surface area (Å²) in [7, 11) is 0. The molecule has 1 heterocycles. The molecular formula is C22H25ClN2OS. The average molecular weight is 401 g/mol. The lowest BCUT2D eigenvalue weighted by Gasteiger charge is -2.33. The van der Waals surface area contributed by atoms with Gasteiger partial charge in [-0.3, -0.25) is 0 Å². The number of ether oxygens (including phenoxy) is 1. The predicted octanol–water partition coefficient (Wildman–Crippen LogP) is 6.57. The lowest BCUT2D eigenvalue weighted by Crippen LogP contribution is -2.26. The van der Waals surface area contributed by atoms with Crippen molar-refractivity contribution in [1.29, 1.82) is 5.26 Å². The quantitative estimate of drug-likeness (QED) is 0.544. The van der Waals surface area contributed by atoms with Crippen LogP contribution in [-0.2, 0) is 12.8 Å². The van der Waals surface area contributed by atoms with Gasteiger partial charge in [0.2, 0.25) is 0 Å². The highest BCUT2D eigenvalue weighted by Gasteiger charge is 2.32. The monoisotopic (exact) mass is 400 g/mol. The molecule has 0 saturated carbocycles. The highest BCUT2D eigenvalue weighted by molar-refractivity contribution is 7.16. The van der Waals surface area contributed by atoms with Crippen molar-refractivity contribution in [3.05, 3.63) is 44.8 Å². The van der Waals surface area contributed by atoms with E-state index in [9.17, 15) is 5.26 Å². The zero-order valence-corrected chi connectivity index (χ0v) is 17.9. The molecule has 1 aliphatic rings. The van der Waals surface area contributed by atoms with Crippen molar-refractivity contribution >= 4 is 34.2 Å². The van der Waals surface area contributed by atoms with E-state index in [1.54, 1.807) is 17.6 Å². The fraction of sp³-hybridized carbons (Fsp3) is 0.455. The Bertz CT molecular complexity index is 902. The molecule has 1 atom stereocenters. The number of halogens is 1. The van der Waals surface area contributed by atoms with Crippen molar-refractivity contribution in [2.24, 2.45) is 16.3 Å². The molecule has 0 spiro atoms. The van der Waals surface area contributed by atoms with Crippen LogP contribution < -0.4 is 4.74 Å². The number of hydrogen-bond acceptors (Lipinski definition) is 4. The van der Waals surface area contributed by atoms with Crippen LogP contribution in [0, 0.1) is 22.7 Å². The minimum atomic E-state index is 0.289. The van der Waals surface area contributed by atoms with E-state index in [1.165, 1.54) is 10.4 Å². The van der Waals surface area contributed by atoms with Crippen LogP contribution in [0.3, 0.4) is 0 Å². The van der Waals surface area contributed by atoms with Crippen molar-refractivity contribution < 1.29 is 4.74 Å². The van der Waals surface area contributed by atoms with Crippen LogP contribution in [0.4, 0.5) is 5.00 Å². The number of nitrogens with zero attached hydrogens (tertiary/aromatic N) is 2. The lowest BCUT2D eigenvalue weighted by molar-refractivity contribution is 0.218. The van der Waals surface area contributed by atoms with Gasteiger partial charge in [-0.15, -0.1) is 11.3 Å². The zero-order chi connectivity index (χ0) is 19.6. The van der Waals surface area contributed by atoms with Crippen LogP contribution >= 0.6 is 22.9 Å². The van der Waals surface area contributed by atoms with E-state index in [2.05, 4.69) is 31.8 Å². The summed E-state index contributed by atoms with van der Waals surface area (Å²) in [5.74, 6) is 1.32. The third-order valence-electron chi connectivity index (χ3n) is 5.17. The third kappa shape index (κ3) is 4.36. The van der Waals surface area contributed by atoms with Gasteiger partial charge >= 0.3 is 0 Å². The van der Waals surface area contributed by atoms with Crippen molar-refractivity contribution in [3.63, 3.8) is 0 Å². The highest BCUT2D eigenvalue weighted by atomic mass is 35.5. The van der Waals surface area contributed by atoms with Crippen molar-refractivity contribution in [1.82, 2.24) is 0 Å². The molecule has 3 nitrogen and oxygen atoms in total. The van der Waals surface area contributed by atoms with Crippen molar-refractivity contribution in [2.45, 2.75) is 47.0 Å². The maximum Gasteiger partial charge on any atom is 0.137 e. The van der Waals surface area contributed by atoms with Crippen LogP contribution in [-0.4, -0.2) is 12.8 Å². The van der Waals surface area contributed by atoms with Crippen molar-refractivity contribution in [3.8, 4) is 11.8 Å². The van der Waals surface area contributed by atoms with Gasteiger partial charge in [0, 0.05) is 11.1 Å². The first-order valence-corrected chi connectivity index (χ1v) is 10.5. The lowest BCUT2D eigenvalue weighted by atomic mass is 9.72. The molecule has 1 aromatic heterocycles. The van der Waals surface area contributed by atoms with Crippen molar-refractivity contribution in [2.75, 3.05) is 6.61 Å². The number of hydrogen-bond donors (Lipinski definition) is 0. The Hall–Kier alpha value is -1.83. The van der Waals surface area contributed by atoms with E-state index in [0.29, 0.717) is 23.3 Å². The Morgan fingerprint density at radius 1 is 1.41 bits per heavy atom. The second-order valence-electron chi connectivity index (χ2n) is 7.98. The van der Waals surface area contributed by atoms with E-state index in [1.807, 2.05) is 25.1 Å². The smallest absolute Gasteiger partial charge is 0.137 e. The highest BCUT2D eigenvalue weighted by Crippen LogP contribution is 2.44. The van der Waals surface area contributed by atoms with Gasteiger partial charge in [0.15, 0.2) is 0 Å². The van der Waals surface area contributed by atoms with E-state index >= 15 is 0 Å². The molecule has 0 bridgehead atoms. The van der Waals surface area contributed by atoms with Crippen LogP contribution in [0.1, 0.15) is 55.7 Å². The summed E-state index contributed by atoms with van der Waals surface area (Å²) in [5.41, 5.74) is 3.14. The van der Waals surface area contributed by atoms with Crippen LogP contribution in [0.15, 0.2) is 23.2 Å². The minimum Gasteiger partial charge on any atom is -0.492 e. The predicted molar refractivity (Wildman–Crippen MR) is 114 cm³/mol. The molecule has 0 fully saturated rings. The molecule has 0 N–H and O–H groups in total. The molecule has 5 heteroatoms. The Morgan fingerprint density at radius 3 is 2.81 bits per heavy atom. The van der Waals surface area contributed by atoms with Gasteiger partial charge in [-0.1, -0.05) is 32.4 Å². The molecule has 0 unspecified atom stereocenters. The minimum absolute atomic E-state index is 0.289. The molecule has 0 saturated heterocycles.